The normalized spacial score (nSPS) is 11.3. The van der Waals surface area contributed by atoms with Gasteiger partial charge in [-0.15, -0.1) is 20.4 Å². The largest absolute Gasteiger partial charge is 1.00 e. The molecular weight excluding hydrogens is 462 g/mol. The Morgan fingerprint density at radius 1 is 0.700 bits per heavy atom. The third-order valence-electron chi connectivity index (χ3n) is 3.44. The zero-order valence-electron chi connectivity index (χ0n) is 15.4. The van der Waals surface area contributed by atoms with Gasteiger partial charge in [0.15, 0.2) is 0 Å². The summed E-state index contributed by atoms with van der Waals surface area (Å²) in [4.78, 5) is -1.68. The van der Waals surface area contributed by atoms with Crippen LogP contribution in [0.4, 0.5) is 0 Å². The fourth-order valence-electron chi connectivity index (χ4n) is 2.21. The summed E-state index contributed by atoms with van der Waals surface area (Å²) in [6.07, 6.45) is 0. The van der Waals surface area contributed by atoms with Crippen molar-refractivity contribution < 1.29 is 95.3 Å². The minimum absolute atomic E-state index is 0. The Morgan fingerprint density at radius 2 is 1.23 bits per heavy atom. The molecule has 0 fully saturated rings. The summed E-state index contributed by atoms with van der Waals surface area (Å²) >= 11 is 0. The molecule has 0 radical (unpaired) electrons. The maximum absolute atomic E-state index is 11.4. The first kappa shape index (κ1) is 26.8. The molecule has 0 saturated carbocycles. The van der Waals surface area contributed by atoms with Crippen molar-refractivity contribution in [2.24, 2.45) is 0 Å². The molecule has 0 amide bonds. The molecule has 0 unspecified atom stereocenters. The molecule has 30 heavy (non-hydrogen) atoms. The molecule has 0 saturated heterocycles. The van der Waals surface area contributed by atoms with Crippen LogP contribution >= 0.6 is 0 Å². The molecule has 0 aliphatic heterocycles. The monoisotopic (exact) mass is 470 g/mol. The maximum atomic E-state index is 11.4. The van der Waals surface area contributed by atoms with Crippen molar-refractivity contribution >= 4 is 20.2 Å². The van der Waals surface area contributed by atoms with Gasteiger partial charge in [-0.3, -0.25) is 0 Å². The van der Waals surface area contributed by atoms with E-state index in [4.69, 9.17) is 0 Å². The van der Waals surface area contributed by atoms with Crippen LogP contribution in [0, 0.1) is 0 Å². The SMILES string of the molecule is O=S(=O)([O-])c1cc(-c2nnc(-c3ccc(O)cc3S(=O)(=O)[O-])nn2)ccc1O.[Na+].[Na+]. The van der Waals surface area contributed by atoms with E-state index in [2.05, 4.69) is 20.4 Å². The number of phenolic OH excluding ortho intramolecular Hbond substituents is 2. The summed E-state index contributed by atoms with van der Waals surface area (Å²) in [6.45, 7) is 0. The van der Waals surface area contributed by atoms with Crippen molar-refractivity contribution in [2.75, 3.05) is 0 Å². The predicted octanol–water partition coefficient (Wildman–Crippen LogP) is -6.17. The van der Waals surface area contributed by atoms with E-state index < -0.39 is 41.5 Å². The van der Waals surface area contributed by atoms with Gasteiger partial charge in [-0.2, -0.15) is 0 Å². The van der Waals surface area contributed by atoms with Gasteiger partial charge in [-0.1, -0.05) is 0 Å². The minimum atomic E-state index is -4.97. The van der Waals surface area contributed by atoms with Crippen LogP contribution in [0.15, 0.2) is 46.2 Å². The molecule has 0 atom stereocenters. The van der Waals surface area contributed by atoms with E-state index in [0.29, 0.717) is 0 Å². The van der Waals surface area contributed by atoms with Gasteiger partial charge in [0.05, 0.1) is 9.79 Å². The van der Waals surface area contributed by atoms with Crippen molar-refractivity contribution in [3.05, 3.63) is 36.4 Å². The van der Waals surface area contributed by atoms with Gasteiger partial charge in [0.25, 0.3) is 0 Å². The molecule has 1 heterocycles. The van der Waals surface area contributed by atoms with Crippen molar-refractivity contribution in [2.45, 2.75) is 9.79 Å². The van der Waals surface area contributed by atoms with Crippen molar-refractivity contribution in [3.63, 3.8) is 0 Å². The van der Waals surface area contributed by atoms with E-state index in [1.54, 1.807) is 0 Å². The van der Waals surface area contributed by atoms with Crippen LogP contribution in [0.1, 0.15) is 0 Å². The Kier molecular flexibility index (Phi) is 8.90. The van der Waals surface area contributed by atoms with Crippen LogP contribution in [0.5, 0.6) is 11.5 Å². The summed E-state index contributed by atoms with van der Waals surface area (Å²) in [6, 6.07) is 5.88. The van der Waals surface area contributed by atoms with Gasteiger partial charge >= 0.3 is 59.1 Å². The van der Waals surface area contributed by atoms with Crippen molar-refractivity contribution in [1.82, 2.24) is 20.4 Å². The Morgan fingerprint density at radius 3 is 1.77 bits per heavy atom. The first-order chi connectivity index (χ1) is 13.0. The number of benzene rings is 2. The molecule has 16 heteroatoms. The smallest absolute Gasteiger partial charge is 0.744 e. The number of rotatable bonds is 4. The Labute approximate surface area is 214 Å². The number of hydrogen-bond donors (Lipinski definition) is 2. The molecule has 12 nitrogen and oxygen atoms in total. The molecular formula is C14H8N4Na2O8S2. The first-order valence-corrected chi connectivity index (χ1v) is 9.94. The molecule has 146 valence electrons. The van der Waals surface area contributed by atoms with Crippen LogP contribution < -0.4 is 59.1 Å². The van der Waals surface area contributed by atoms with Gasteiger partial charge in [0, 0.05) is 11.1 Å². The molecule has 0 spiro atoms. The summed E-state index contributed by atoms with van der Waals surface area (Å²) in [5, 5.41) is 33.5. The second kappa shape index (κ2) is 9.95. The van der Waals surface area contributed by atoms with E-state index in [9.17, 15) is 36.2 Å². The molecule has 0 aliphatic carbocycles. The third kappa shape index (κ3) is 5.94. The molecule has 2 aromatic carbocycles. The van der Waals surface area contributed by atoms with Gasteiger partial charge in [0.2, 0.25) is 11.6 Å². The summed E-state index contributed by atoms with van der Waals surface area (Å²) in [5.41, 5.74) is -0.269. The number of nitrogens with zero attached hydrogens (tertiary/aromatic N) is 4. The molecule has 3 rings (SSSR count). The van der Waals surface area contributed by atoms with E-state index >= 15 is 0 Å². The summed E-state index contributed by atoms with van der Waals surface area (Å²) in [7, 11) is -9.93. The van der Waals surface area contributed by atoms with Gasteiger partial charge < -0.3 is 19.3 Å². The number of aromatic nitrogens is 4. The zero-order valence-corrected chi connectivity index (χ0v) is 21.0. The number of hydrogen-bond acceptors (Lipinski definition) is 12. The third-order valence-corrected chi connectivity index (χ3v) is 5.18. The van der Waals surface area contributed by atoms with Crippen LogP contribution in [0.3, 0.4) is 0 Å². The molecule has 1 aromatic heterocycles. The number of phenols is 2. The topological polar surface area (TPSA) is 206 Å². The minimum Gasteiger partial charge on any atom is -0.744 e. The van der Waals surface area contributed by atoms with Crippen LogP contribution in [-0.4, -0.2) is 56.5 Å². The first-order valence-electron chi connectivity index (χ1n) is 7.13. The standard InChI is InChI=1S/C14H10N4O8S2.2Na/c19-8-2-3-9(11(6-8)27(21,22)23)14-17-15-13(16-18-14)7-1-4-10(20)12(5-7)28(24,25)26;;/h1-6,19-20H,(H,21,22,23)(H,24,25,26);;/q;2*+1/p-2. The Hall–Kier alpha value is -1.20. The Balaban J connectivity index is 0.00000225. The molecule has 2 N–H and O–H groups in total. The fraction of sp³-hybridized carbons (Fsp3) is 0. The summed E-state index contributed by atoms with van der Waals surface area (Å²) < 4.78 is 67.5. The zero-order chi connectivity index (χ0) is 20.7. The molecule has 0 aliphatic rings. The van der Waals surface area contributed by atoms with Crippen molar-refractivity contribution in [1.29, 1.82) is 0 Å². The van der Waals surface area contributed by atoms with Crippen molar-refractivity contribution in [3.8, 4) is 34.3 Å². The second-order valence-electron chi connectivity index (χ2n) is 5.32. The maximum Gasteiger partial charge on any atom is 1.00 e. The van der Waals surface area contributed by atoms with Gasteiger partial charge in [-0.25, -0.2) is 16.8 Å². The van der Waals surface area contributed by atoms with Gasteiger partial charge in [0.1, 0.15) is 31.7 Å². The number of aromatic hydroxyl groups is 2. The van der Waals surface area contributed by atoms with E-state index in [0.717, 1.165) is 30.3 Å². The average Bonchev–Trinajstić information content (AvgIpc) is 2.60. The summed E-state index contributed by atoms with van der Waals surface area (Å²) in [5.74, 6) is -1.82. The predicted molar refractivity (Wildman–Crippen MR) is 87.8 cm³/mol. The molecule has 0 bridgehead atoms. The fourth-order valence-corrected chi connectivity index (χ4v) is 3.50. The van der Waals surface area contributed by atoms with Crippen LogP contribution in [0.2, 0.25) is 0 Å². The van der Waals surface area contributed by atoms with E-state index in [-0.39, 0.29) is 81.9 Å². The second-order valence-corrected chi connectivity index (χ2v) is 8.01. The Bertz CT molecular complexity index is 1290. The van der Waals surface area contributed by atoms with E-state index in [1.165, 1.54) is 6.07 Å². The van der Waals surface area contributed by atoms with Gasteiger partial charge in [-0.05, 0) is 36.4 Å². The van der Waals surface area contributed by atoms with Crippen LogP contribution in [-0.2, 0) is 20.2 Å². The quantitative estimate of drug-likeness (QED) is 0.270. The molecule has 3 aromatic rings. The van der Waals surface area contributed by atoms with Crippen LogP contribution in [0.25, 0.3) is 22.8 Å². The average molecular weight is 470 g/mol. The van der Waals surface area contributed by atoms with E-state index in [1.807, 2.05) is 0 Å².